The van der Waals surface area contributed by atoms with E-state index in [0.29, 0.717) is 47.7 Å². The molecule has 1 amide bonds. The lowest BCUT2D eigenvalue weighted by molar-refractivity contribution is 0.0383. The summed E-state index contributed by atoms with van der Waals surface area (Å²) in [7, 11) is 0. The standard InChI is InChI=1S/C22H18ClF2N3O4.C18H10ClF2NO4/c23-12-1-2-16-17(9-12)32-21-18(25)15(24)10-13-19(21)28(16)11-14(20(13)29)22(30)26-3-4-27-5-7-31-8-6-27;1-2-25-18(24)10-7-22-12-4-3-8(19)5-13(12)26-17-14(21)11(20)6-9(15(17)22)16(10)23/h1-2,9-11H,3-8H2,(H,26,30);3-7H,2H2,1H3. The third-order valence-corrected chi connectivity index (χ3v) is 10.1. The van der Waals surface area contributed by atoms with Crippen molar-refractivity contribution < 1.29 is 46.1 Å². The third kappa shape index (κ3) is 6.81. The van der Waals surface area contributed by atoms with Crippen LogP contribution in [0.2, 0.25) is 10.0 Å². The van der Waals surface area contributed by atoms with E-state index in [4.69, 9.17) is 42.1 Å². The number of rotatable bonds is 6. The van der Waals surface area contributed by atoms with Gasteiger partial charge in [0.1, 0.15) is 22.2 Å². The molecule has 1 fully saturated rings. The van der Waals surface area contributed by atoms with Crippen LogP contribution in [0.25, 0.3) is 33.2 Å². The second-order valence-corrected chi connectivity index (χ2v) is 14.0. The van der Waals surface area contributed by atoms with E-state index < -0.39 is 57.5 Å². The third-order valence-electron chi connectivity index (χ3n) is 9.62. The number of hydrogen-bond donors (Lipinski definition) is 1. The molecular weight excluding hydrogens is 811 g/mol. The van der Waals surface area contributed by atoms with Gasteiger partial charge in [-0.2, -0.15) is 8.78 Å². The summed E-state index contributed by atoms with van der Waals surface area (Å²) in [6.07, 6.45) is 2.56. The molecule has 12 nitrogen and oxygen atoms in total. The van der Waals surface area contributed by atoms with Crippen LogP contribution in [-0.4, -0.2) is 71.9 Å². The zero-order valence-electron chi connectivity index (χ0n) is 30.1. The monoisotopic (exact) mass is 838 g/mol. The molecule has 0 saturated carbocycles. The summed E-state index contributed by atoms with van der Waals surface area (Å²) in [4.78, 5) is 52.8. The molecule has 4 aromatic carbocycles. The molecule has 18 heteroatoms. The van der Waals surface area contributed by atoms with Crippen molar-refractivity contribution in [1.82, 2.24) is 19.4 Å². The SMILES string of the molecule is CCOC(=O)c1cn2c3c(c(F)c(F)cc3c1=O)Oc1cc(Cl)ccc1-2.O=C(NCCN1CCOCC1)c1cn2c3c(c(F)c(F)cc3c1=O)Oc1cc(Cl)ccc1-2. The quantitative estimate of drug-likeness (QED) is 0.136. The normalized spacial score (nSPS) is 13.8. The van der Waals surface area contributed by atoms with Crippen molar-refractivity contribution in [3.05, 3.63) is 126 Å². The Bertz CT molecular complexity index is 2840. The second-order valence-electron chi connectivity index (χ2n) is 13.1. The highest BCUT2D eigenvalue weighted by Crippen LogP contribution is 2.44. The van der Waals surface area contributed by atoms with E-state index in [-0.39, 0.29) is 51.0 Å². The maximum Gasteiger partial charge on any atom is 0.343 e. The minimum atomic E-state index is -1.26. The zero-order valence-corrected chi connectivity index (χ0v) is 31.6. The number of aromatic nitrogens is 2. The van der Waals surface area contributed by atoms with Crippen molar-refractivity contribution in [3.8, 4) is 34.4 Å². The number of benzene rings is 4. The van der Waals surface area contributed by atoms with E-state index >= 15 is 0 Å². The van der Waals surface area contributed by atoms with E-state index in [0.717, 1.165) is 25.2 Å². The van der Waals surface area contributed by atoms with E-state index in [1.165, 1.54) is 33.7 Å². The van der Waals surface area contributed by atoms with E-state index in [1.54, 1.807) is 31.2 Å². The molecular formula is C40H28Cl2F4N4O8. The van der Waals surface area contributed by atoms with Crippen molar-refractivity contribution in [2.24, 2.45) is 0 Å². The fourth-order valence-electron chi connectivity index (χ4n) is 6.89. The fraction of sp³-hybridized carbons (Fsp3) is 0.200. The van der Waals surface area contributed by atoms with Crippen LogP contribution < -0.4 is 25.6 Å². The number of ether oxygens (including phenoxy) is 4. The van der Waals surface area contributed by atoms with Gasteiger partial charge in [0, 0.05) is 60.8 Å². The average molecular weight is 840 g/mol. The number of fused-ring (bicyclic) bond motifs is 4. The number of morpholine rings is 1. The van der Waals surface area contributed by atoms with Gasteiger partial charge in [0.05, 0.1) is 42.0 Å². The summed E-state index contributed by atoms with van der Waals surface area (Å²) >= 11 is 12.0. The van der Waals surface area contributed by atoms with Gasteiger partial charge in [0.15, 0.2) is 34.6 Å². The molecule has 2 aromatic heterocycles. The summed E-state index contributed by atoms with van der Waals surface area (Å²) < 4.78 is 81.2. The Morgan fingerprint density at radius 2 is 1.26 bits per heavy atom. The number of nitrogens with one attached hydrogen (secondary N) is 1. The van der Waals surface area contributed by atoms with Crippen molar-refractivity contribution in [2.45, 2.75) is 6.92 Å². The Morgan fingerprint density at radius 1 is 0.759 bits per heavy atom. The first-order chi connectivity index (χ1) is 27.9. The van der Waals surface area contributed by atoms with Crippen LogP contribution >= 0.6 is 23.2 Å². The van der Waals surface area contributed by atoms with Crippen LogP contribution in [-0.2, 0) is 9.47 Å². The summed E-state index contributed by atoms with van der Waals surface area (Å²) in [5, 5.41) is 3.06. The molecule has 9 rings (SSSR count). The molecule has 0 spiro atoms. The maximum atomic E-state index is 14.5. The summed E-state index contributed by atoms with van der Waals surface area (Å²) in [6.45, 7) is 5.41. The van der Waals surface area contributed by atoms with Crippen LogP contribution in [0.1, 0.15) is 27.6 Å². The highest BCUT2D eigenvalue weighted by atomic mass is 35.5. The molecule has 0 aliphatic carbocycles. The first-order valence-corrected chi connectivity index (χ1v) is 18.5. The molecule has 1 N–H and O–H groups in total. The highest BCUT2D eigenvalue weighted by Gasteiger charge is 2.31. The van der Waals surface area contributed by atoms with E-state index in [1.807, 2.05) is 0 Å². The Hall–Kier alpha value is -5.94. The zero-order chi connectivity index (χ0) is 41.0. The number of carbonyl (C=O) groups excluding carboxylic acids is 2. The lowest BCUT2D eigenvalue weighted by Crippen LogP contribution is -2.42. The lowest BCUT2D eigenvalue weighted by Gasteiger charge is -2.26. The van der Waals surface area contributed by atoms with Gasteiger partial charge < -0.3 is 33.4 Å². The lowest BCUT2D eigenvalue weighted by atomic mass is 10.1. The highest BCUT2D eigenvalue weighted by molar-refractivity contribution is 6.31. The number of nitrogens with zero attached hydrogens (tertiary/aromatic N) is 3. The molecule has 0 unspecified atom stereocenters. The van der Waals surface area contributed by atoms with Gasteiger partial charge in [0.2, 0.25) is 22.5 Å². The number of pyridine rings is 2. The summed E-state index contributed by atoms with van der Waals surface area (Å²) in [5.74, 6) is -6.94. The Labute approximate surface area is 334 Å². The van der Waals surface area contributed by atoms with Crippen molar-refractivity contribution >= 4 is 56.9 Å². The molecule has 5 heterocycles. The van der Waals surface area contributed by atoms with Gasteiger partial charge in [-0.05, 0) is 43.3 Å². The number of hydrogen-bond acceptors (Lipinski definition) is 9. The van der Waals surface area contributed by atoms with Gasteiger partial charge in [-0.25, -0.2) is 13.6 Å². The second kappa shape index (κ2) is 15.4. The molecule has 298 valence electrons. The Kier molecular flexibility index (Phi) is 10.4. The molecule has 58 heavy (non-hydrogen) atoms. The fourth-order valence-corrected chi connectivity index (χ4v) is 7.22. The first kappa shape index (κ1) is 38.9. The molecule has 0 radical (unpaired) electrons. The summed E-state index contributed by atoms with van der Waals surface area (Å²) in [6, 6.07) is 10.8. The molecule has 6 aromatic rings. The predicted molar refractivity (Wildman–Crippen MR) is 205 cm³/mol. The smallest absolute Gasteiger partial charge is 0.343 e. The number of carbonyl (C=O) groups is 2. The minimum absolute atomic E-state index is 0.0248. The van der Waals surface area contributed by atoms with Gasteiger partial charge in [0.25, 0.3) is 5.91 Å². The van der Waals surface area contributed by atoms with Crippen LogP contribution in [0.3, 0.4) is 0 Å². The predicted octanol–water partition coefficient (Wildman–Crippen LogP) is 7.29. The average Bonchev–Trinajstić information content (AvgIpc) is 3.20. The van der Waals surface area contributed by atoms with Crippen LogP contribution in [0, 0.1) is 23.3 Å². The largest absolute Gasteiger partial charge is 0.462 e. The van der Waals surface area contributed by atoms with Crippen LogP contribution in [0.5, 0.6) is 23.0 Å². The molecule has 3 aliphatic heterocycles. The molecule has 1 saturated heterocycles. The maximum absolute atomic E-state index is 14.5. The van der Waals surface area contributed by atoms with Crippen molar-refractivity contribution in [1.29, 1.82) is 0 Å². The minimum Gasteiger partial charge on any atom is -0.462 e. The van der Waals surface area contributed by atoms with Crippen LogP contribution in [0.15, 0.2) is 70.5 Å². The van der Waals surface area contributed by atoms with E-state index in [2.05, 4.69) is 10.2 Å². The van der Waals surface area contributed by atoms with Crippen molar-refractivity contribution in [3.63, 3.8) is 0 Å². The van der Waals surface area contributed by atoms with Crippen LogP contribution in [0.4, 0.5) is 17.6 Å². The topological polar surface area (TPSA) is 130 Å². The molecule has 3 aliphatic rings. The Balaban J connectivity index is 0.000000165. The summed E-state index contributed by atoms with van der Waals surface area (Å²) in [5.41, 5.74) is -1.01. The number of esters is 1. The van der Waals surface area contributed by atoms with Gasteiger partial charge in [-0.15, -0.1) is 0 Å². The number of halogens is 6. The molecule has 0 bridgehead atoms. The van der Waals surface area contributed by atoms with Gasteiger partial charge >= 0.3 is 5.97 Å². The van der Waals surface area contributed by atoms with E-state index in [9.17, 15) is 36.7 Å². The van der Waals surface area contributed by atoms with Crippen molar-refractivity contribution in [2.75, 3.05) is 46.0 Å². The Morgan fingerprint density at radius 3 is 1.78 bits per heavy atom. The first-order valence-electron chi connectivity index (χ1n) is 17.7. The van der Waals surface area contributed by atoms with Gasteiger partial charge in [-0.1, -0.05) is 23.2 Å². The molecule has 0 atom stereocenters. The van der Waals surface area contributed by atoms with Gasteiger partial charge in [-0.3, -0.25) is 19.3 Å². The number of amides is 1.